The molecule has 0 aliphatic rings. The molecule has 1 aromatic heterocycles. The molecule has 1 heterocycles. The van der Waals surface area contributed by atoms with Gasteiger partial charge in [-0.05, 0) is 53.2 Å². The maximum atomic E-state index is 11.9. The number of anilines is 1. The number of furan rings is 1. The summed E-state index contributed by atoms with van der Waals surface area (Å²) in [6, 6.07) is 8.30. The first-order valence-corrected chi connectivity index (χ1v) is 6.86. The third-order valence-corrected chi connectivity index (χ3v) is 3.01. The normalized spacial score (nSPS) is 10.3. The zero-order valence-corrected chi connectivity index (χ0v) is 12.4. The molecule has 0 atom stereocenters. The maximum absolute atomic E-state index is 11.9. The molecule has 2 N–H and O–H groups in total. The van der Waals surface area contributed by atoms with Crippen molar-refractivity contribution in [2.75, 3.05) is 11.9 Å². The van der Waals surface area contributed by atoms with Gasteiger partial charge in [0.15, 0.2) is 10.4 Å². The van der Waals surface area contributed by atoms with Crippen molar-refractivity contribution in [1.29, 1.82) is 0 Å². The van der Waals surface area contributed by atoms with Crippen LogP contribution < -0.4 is 10.1 Å². The lowest BCUT2D eigenvalue weighted by atomic mass is 10.2. The van der Waals surface area contributed by atoms with E-state index >= 15 is 0 Å². The van der Waals surface area contributed by atoms with Crippen molar-refractivity contribution in [3.05, 3.63) is 46.3 Å². The van der Waals surface area contributed by atoms with Gasteiger partial charge in [-0.1, -0.05) is 0 Å². The number of ether oxygens (including phenoxy) is 1. The van der Waals surface area contributed by atoms with E-state index in [0.717, 1.165) is 0 Å². The molecular weight excluding hydrogens is 326 g/mol. The summed E-state index contributed by atoms with van der Waals surface area (Å²) in [6.07, 6.45) is 0. The summed E-state index contributed by atoms with van der Waals surface area (Å²) in [4.78, 5) is 11.9. The molecule has 0 bridgehead atoms. The zero-order chi connectivity index (χ0) is 14.5. The van der Waals surface area contributed by atoms with Gasteiger partial charge >= 0.3 is 0 Å². The number of nitrogens with one attached hydrogen (secondary N) is 1. The van der Waals surface area contributed by atoms with Crippen molar-refractivity contribution in [3.63, 3.8) is 0 Å². The number of aliphatic hydroxyl groups excluding tert-OH is 1. The first-order valence-electron chi connectivity index (χ1n) is 6.07. The van der Waals surface area contributed by atoms with E-state index in [4.69, 9.17) is 9.15 Å². The summed E-state index contributed by atoms with van der Waals surface area (Å²) >= 11 is 3.14. The van der Waals surface area contributed by atoms with Crippen LogP contribution in [0.2, 0.25) is 0 Å². The van der Waals surface area contributed by atoms with Crippen LogP contribution in [0.5, 0.6) is 5.75 Å². The molecule has 5 nitrogen and oxygen atoms in total. The fourth-order valence-corrected chi connectivity index (χ4v) is 2.01. The predicted octanol–water partition coefficient (Wildman–Crippen LogP) is 3.19. The molecule has 2 rings (SSSR count). The molecule has 0 unspecified atom stereocenters. The van der Waals surface area contributed by atoms with Gasteiger partial charge in [-0.15, -0.1) is 0 Å². The van der Waals surface area contributed by atoms with Crippen molar-refractivity contribution < 1.29 is 19.1 Å². The van der Waals surface area contributed by atoms with Gasteiger partial charge in [0, 0.05) is 11.3 Å². The van der Waals surface area contributed by atoms with E-state index in [-0.39, 0.29) is 18.3 Å². The highest BCUT2D eigenvalue weighted by Gasteiger charge is 2.12. The van der Waals surface area contributed by atoms with Crippen molar-refractivity contribution in [2.45, 2.75) is 13.5 Å². The molecule has 0 fully saturated rings. The Morgan fingerprint density at radius 3 is 2.80 bits per heavy atom. The smallest absolute Gasteiger partial charge is 0.291 e. The zero-order valence-electron chi connectivity index (χ0n) is 10.9. The molecule has 0 saturated carbocycles. The van der Waals surface area contributed by atoms with E-state index < -0.39 is 0 Å². The molecule has 1 amide bonds. The quantitative estimate of drug-likeness (QED) is 0.877. The lowest BCUT2D eigenvalue weighted by Gasteiger charge is -2.10. The summed E-state index contributed by atoms with van der Waals surface area (Å²) in [5.74, 6) is 0.453. The Bertz CT molecular complexity index is 609. The summed E-state index contributed by atoms with van der Waals surface area (Å²) in [5.41, 5.74) is 1.18. The van der Waals surface area contributed by atoms with Crippen LogP contribution in [0.1, 0.15) is 23.0 Å². The van der Waals surface area contributed by atoms with Gasteiger partial charge in [-0.2, -0.15) is 0 Å². The minimum absolute atomic E-state index is 0.161. The Morgan fingerprint density at radius 2 is 2.20 bits per heavy atom. The number of benzene rings is 1. The summed E-state index contributed by atoms with van der Waals surface area (Å²) in [6.45, 7) is 2.22. The van der Waals surface area contributed by atoms with Gasteiger partial charge in [0.2, 0.25) is 0 Å². The van der Waals surface area contributed by atoms with E-state index in [1.54, 1.807) is 30.3 Å². The van der Waals surface area contributed by atoms with Crippen molar-refractivity contribution in [2.24, 2.45) is 0 Å². The number of hydrogen-bond donors (Lipinski definition) is 2. The number of carbonyl (C=O) groups is 1. The average Bonchev–Trinajstić information content (AvgIpc) is 2.87. The molecule has 1 aromatic carbocycles. The van der Waals surface area contributed by atoms with Crippen LogP contribution >= 0.6 is 15.9 Å². The van der Waals surface area contributed by atoms with Gasteiger partial charge in [0.25, 0.3) is 5.91 Å². The molecule has 20 heavy (non-hydrogen) atoms. The van der Waals surface area contributed by atoms with E-state index in [1.165, 1.54) is 0 Å². The molecule has 0 spiro atoms. The molecule has 0 radical (unpaired) electrons. The van der Waals surface area contributed by atoms with E-state index in [9.17, 15) is 9.90 Å². The molecule has 6 heteroatoms. The highest BCUT2D eigenvalue weighted by molar-refractivity contribution is 9.10. The van der Waals surface area contributed by atoms with E-state index in [2.05, 4.69) is 21.2 Å². The second kappa shape index (κ2) is 6.58. The Morgan fingerprint density at radius 1 is 1.40 bits per heavy atom. The van der Waals surface area contributed by atoms with Gasteiger partial charge in [-0.3, -0.25) is 4.79 Å². The second-order valence-corrected chi connectivity index (χ2v) is 4.75. The Kier molecular flexibility index (Phi) is 4.81. The SMILES string of the molecule is CCOc1ccc(NC(=O)c2ccc(Br)o2)cc1CO. The van der Waals surface area contributed by atoms with E-state index in [1.807, 2.05) is 6.92 Å². The third-order valence-electron chi connectivity index (χ3n) is 2.59. The minimum atomic E-state index is -0.358. The van der Waals surface area contributed by atoms with Crippen LogP contribution in [-0.4, -0.2) is 17.6 Å². The average molecular weight is 340 g/mol. The monoisotopic (exact) mass is 339 g/mol. The molecule has 0 saturated heterocycles. The first-order chi connectivity index (χ1) is 9.63. The van der Waals surface area contributed by atoms with Gasteiger partial charge in [0.1, 0.15) is 5.75 Å². The third kappa shape index (κ3) is 3.40. The Labute approximate surface area is 124 Å². The van der Waals surface area contributed by atoms with Crippen molar-refractivity contribution in [3.8, 4) is 5.75 Å². The largest absolute Gasteiger partial charge is 0.494 e. The van der Waals surface area contributed by atoms with Gasteiger partial charge in [0.05, 0.1) is 13.2 Å². The number of amides is 1. The van der Waals surface area contributed by atoms with Gasteiger partial charge < -0.3 is 19.6 Å². The highest BCUT2D eigenvalue weighted by Crippen LogP contribution is 2.24. The van der Waals surface area contributed by atoms with Crippen LogP contribution in [0.3, 0.4) is 0 Å². The van der Waals surface area contributed by atoms with Crippen molar-refractivity contribution >= 4 is 27.5 Å². The summed E-state index contributed by atoms with van der Waals surface area (Å²) in [5, 5.41) is 12.0. The van der Waals surface area contributed by atoms with Crippen LogP contribution in [0.25, 0.3) is 0 Å². The number of halogens is 1. The number of carbonyl (C=O) groups excluding carboxylic acids is 1. The fraction of sp³-hybridized carbons (Fsp3) is 0.214. The topological polar surface area (TPSA) is 71.7 Å². The van der Waals surface area contributed by atoms with E-state index in [0.29, 0.717) is 28.3 Å². The summed E-state index contributed by atoms with van der Waals surface area (Å²) in [7, 11) is 0. The molecule has 106 valence electrons. The lowest BCUT2D eigenvalue weighted by molar-refractivity contribution is 0.0995. The standard InChI is InChI=1S/C14H14BrNO4/c1-2-19-11-4-3-10(7-9(11)8-17)16-14(18)12-5-6-13(15)20-12/h3-7,17H,2,8H2,1H3,(H,16,18). The first kappa shape index (κ1) is 14.6. The highest BCUT2D eigenvalue weighted by atomic mass is 79.9. The van der Waals surface area contributed by atoms with Crippen LogP contribution in [-0.2, 0) is 6.61 Å². The molecule has 2 aromatic rings. The van der Waals surface area contributed by atoms with Crippen molar-refractivity contribution in [1.82, 2.24) is 0 Å². The van der Waals surface area contributed by atoms with Crippen LogP contribution in [0, 0.1) is 0 Å². The summed E-state index contributed by atoms with van der Waals surface area (Å²) < 4.78 is 11.0. The lowest BCUT2D eigenvalue weighted by Crippen LogP contribution is -2.11. The maximum Gasteiger partial charge on any atom is 0.291 e. The Balaban J connectivity index is 2.15. The predicted molar refractivity (Wildman–Crippen MR) is 77.9 cm³/mol. The number of aliphatic hydroxyl groups is 1. The number of rotatable bonds is 5. The molecule has 0 aliphatic carbocycles. The van der Waals surface area contributed by atoms with Crippen LogP contribution in [0.15, 0.2) is 39.4 Å². The minimum Gasteiger partial charge on any atom is -0.494 e. The second-order valence-electron chi connectivity index (χ2n) is 3.97. The fourth-order valence-electron chi connectivity index (χ4n) is 1.71. The van der Waals surface area contributed by atoms with Crippen LogP contribution in [0.4, 0.5) is 5.69 Å². The number of hydrogen-bond acceptors (Lipinski definition) is 4. The molecule has 0 aliphatic heterocycles. The molecular formula is C14H14BrNO4. The Hall–Kier alpha value is -1.79. The van der Waals surface area contributed by atoms with Gasteiger partial charge in [-0.25, -0.2) is 0 Å².